The van der Waals surface area contributed by atoms with Crippen LogP contribution in [0.2, 0.25) is 0 Å². The van der Waals surface area contributed by atoms with Crippen LogP contribution >= 0.6 is 0 Å². The van der Waals surface area contributed by atoms with Crippen LogP contribution in [0, 0.1) is 6.92 Å². The molecule has 3 rings (SSSR count). The Morgan fingerprint density at radius 1 is 1.08 bits per heavy atom. The normalized spacial score (nSPS) is 11.9. The van der Waals surface area contributed by atoms with Crippen molar-refractivity contribution < 1.29 is 8.94 Å². The lowest BCUT2D eigenvalue weighted by atomic mass is 10.1. The van der Waals surface area contributed by atoms with Crippen molar-refractivity contribution in [3.05, 3.63) is 52.6 Å². The number of para-hydroxylation sites is 1. The highest BCUT2D eigenvalue weighted by molar-refractivity contribution is 5.82. The Morgan fingerprint density at radius 3 is 2.54 bits per heavy atom. The van der Waals surface area contributed by atoms with E-state index in [0.29, 0.717) is 13.1 Å². The molecule has 0 unspecified atom stereocenters. The highest BCUT2D eigenvalue weighted by Crippen LogP contribution is 2.24. The van der Waals surface area contributed by atoms with Crippen LogP contribution < -0.4 is 10.6 Å². The summed E-state index contributed by atoms with van der Waals surface area (Å²) in [6.45, 7) is 7.44. The van der Waals surface area contributed by atoms with E-state index in [1.54, 1.807) is 7.05 Å². The second-order valence-electron chi connectivity index (χ2n) is 6.16. The van der Waals surface area contributed by atoms with Gasteiger partial charge in [-0.15, -0.1) is 0 Å². The molecule has 0 atom stereocenters. The maximum atomic E-state index is 5.95. The van der Waals surface area contributed by atoms with Crippen molar-refractivity contribution in [2.45, 2.75) is 46.7 Å². The number of hydrogen-bond acceptors (Lipinski definition) is 4. The summed E-state index contributed by atoms with van der Waals surface area (Å²) in [4.78, 5) is 4.30. The van der Waals surface area contributed by atoms with E-state index in [-0.39, 0.29) is 0 Å². The molecule has 3 aromatic rings. The Kier molecular flexibility index (Phi) is 5.61. The number of aryl methyl sites for hydroxylation is 3. The van der Waals surface area contributed by atoms with Gasteiger partial charge in [-0.1, -0.05) is 37.2 Å². The van der Waals surface area contributed by atoms with Crippen molar-refractivity contribution in [2.75, 3.05) is 7.05 Å². The molecule has 0 amide bonds. The second-order valence-corrected chi connectivity index (χ2v) is 6.16. The molecule has 2 aromatic heterocycles. The summed E-state index contributed by atoms with van der Waals surface area (Å²) < 4.78 is 11.4. The average Bonchev–Trinajstić information content (AvgIpc) is 3.22. The third-order valence-corrected chi connectivity index (χ3v) is 4.62. The van der Waals surface area contributed by atoms with Crippen LogP contribution in [0.25, 0.3) is 11.0 Å². The van der Waals surface area contributed by atoms with Gasteiger partial charge in [0, 0.05) is 36.5 Å². The van der Waals surface area contributed by atoms with Gasteiger partial charge in [-0.05, 0) is 19.4 Å². The van der Waals surface area contributed by atoms with Crippen LogP contribution in [0.15, 0.2) is 38.2 Å². The van der Waals surface area contributed by atoms with Gasteiger partial charge in [-0.25, -0.2) is 0 Å². The van der Waals surface area contributed by atoms with Crippen molar-refractivity contribution in [1.29, 1.82) is 0 Å². The molecule has 26 heavy (non-hydrogen) atoms. The van der Waals surface area contributed by atoms with Crippen molar-refractivity contribution in [2.24, 2.45) is 4.99 Å². The first-order valence-electron chi connectivity index (χ1n) is 9.05. The molecule has 0 radical (unpaired) electrons. The van der Waals surface area contributed by atoms with E-state index in [1.165, 1.54) is 0 Å². The lowest BCUT2D eigenvalue weighted by Crippen LogP contribution is -2.36. The minimum absolute atomic E-state index is 0.574. The summed E-state index contributed by atoms with van der Waals surface area (Å²) in [6.07, 6.45) is 1.68. The Balaban J connectivity index is 1.65. The van der Waals surface area contributed by atoms with Gasteiger partial charge in [-0.3, -0.25) is 4.99 Å². The van der Waals surface area contributed by atoms with E-state index >= 15 is 0 Å². The predicted molar refractivity (Wildman–Crippen MR) is 103 cm³/mol. The molecule has 0 fully saturated rings. The van der Waals surface area contributed by atoms with Crippen LogP contribution in [0.3, 0.4) is 0 Å². The SMILES string of the molecule is CCc1noc(CC)c1CNC(=NC)NCc1oc2ccccc2c1C. The lowest BCUT2D eigenvalue weighted by Gasteiger charge is -2.11. The Bertz CT molecular complexity index is 886. The zero-order valence-corrected chi connectivity index (χ0v) is 15.8. The van der Waals surface area contributed by atoms with Gasteiger partial charge in [0.2, 0.25) is 0 Å². The molecule has 2 N–H and O–H groups in total. The van der Waals surface area contributed by atoms with Crippen LogP contribution in [0.5, 0.6) is 0 Å². The largest absolute Gasteiger partial charge is 0.459 e. The molecule has 0 bridgehead atoms. The number of hydrogen-bond donors (Lipinski definition) is 2. The summed E-state index contributed by atoms with van der Waals surface area (Å²) in [5, 5.41) is 12.0. The topological polar surface area (TPSA) is 75.6 Å². The Labute approximate surface area is 153 Å². The fourth-order valence-corrected chi connectivity index (χ4v) is 3.09. The zero-order chi connectivity index (χ0) is 18.5. The average molecular weight is 354 g/mol. The van der Waals surface area contributed by atoms with Crippen LogP contribution in [-0.2, 0) is 25.9 Å². The lowest BCUT2D eigenvalue weighted by molar-refractivity contribution is 0.380. The third kappa shape index (κ3) is 3.59. The Hall–Kier alpha value is -2.76. The highest BCUT2D eigenvalue weighted by atomic mass is 16.5. The maximum Gasteiger partial charge on any atom is 0.191 e. The van der Waals surface area contributed by atoms with E-state index in [0.717, 1.165) is 58.1 Å². The first kappa shape index (κ1) is 18.0. The van der Waals surface area contributed by atoms with Gasteiger partial charge < -0.3 is 19.6 Å². The predicted octanol–water partition coefficient (Wildman–Crippen LogP) is 3.72. The number of nitrogens with zero attached hydrogens (tertiary/aromatic N) is 2. The zero-order valence-electron chi connectivity index (χ0n) is 15.8. The number of aromatic nitrogens is 1. The number of nitrogens with one attached hydrogen (secondary N) is 2. The molecule has 0 saturated heterocycles. The molecule has 6 nitrogen and oxygen atoms in total. The Morgan fingerprint density at radius 2 is 1.85 bits per heavy atom. The number of guanidine groups is 1. The minimum Gasteiger partial charge on any atom is -0.459 e. The van der Waals surface area contributed by atoms with E-state index in [9.17, 15) is 0 Å². The molecule has 1 aromatic carbocycles. The van der Waals surface area contributed by atoms with Crippen molar-refractivity contribution in [1.82, 2.24) is 15.8 Å². The van der Waals surface area contributed by atoms with Crippen molar-refractivity contribution in [3.8, 4) is 0 Å². The number of furan rings is 1. The van der Waals surface area contributed by atoms with Gasteiger partial charge >= 0.3 is 0 Å². The van der Waals surface area contributed by atoms with Crippen molar-refractivity contribution >= 4 is 16.9 Å². The smallest absolute Gasteiger partial charge is 0.191 e. The number of rotatable bonds is 6. The van der Waals surface area contributed by atoms with Gasteiger partial charge in [0.25, 0.3) is 0 Å². The van der Waals surface area contributed by atoms with E-state index in [1.807, 2.05) is 18.2 Å². The summed E-state index contributed by atoms with van der Waals surface area (Å²) in [6, 6.07) is 8.08. The van der Waals surface area contributed by atoms with Crippen LogP contribution in [0.1, 0.15) is 42.2 Å². The molecule has 0 aliphatic carbocycles. The molecule has 138 valence electrons. The fraction of sp³-hybridized carbons (Fsp3) is 0.400. The minimum atomic E-state index is 0.574. The quantitative estimate of drug-likeness (QED) is 0.521. The number of benzene rings is 1. The first-order valence-corrected chi connectivity index (χ1v) is 9.05. The first-order chi connectivity index (χ1) is 12.7. The molecule has 0 aliphatic heterocycles. The van der Waals surface area contributed by atoms with Crippen LogP contribution in [-0.4, -0.2) is 18.2 Å². The third-order valence-electron chi connectivity index (χ3n) is 4.62. The van der Waals surface area contributed by atoms with E-state index < -0.39 is 0 Å². The summed E-state index contributed by atoms with van der Waals surface area (Å²) in [7, 11) is 1.76. The molecular weight excluding hydrogens is 328 g/mol. The van der Waals surface area contributed by atoms with Crippen LogP contribution in [0.4, 0.5) is 0 Å². The fourth-order valence-electron chi connectivity index (χ4n) is 3.09. The van der Waals surface area contributed by atoms with Gasteiger partial charge in [0.1, 0.15) is 17.1 Å². The van der Waals surface area contributed by atoms with E-state index in [4.69, 9.17) is 8.94 Å². The van der Waals surface area contributed by atoms with E-state index in [2.05, 4.69) is 47.6 Å². The summed E-state index contributed by atoms with van der Waals surface area (Å²) in [5.74, 6) is 2.57. The summed E-state index contributed by atoms with van der Waals surface area (Å²) >= 11 is 0. The highest BCUT2D eigenvalue weighted by Gasteiger charge is 2.14. The standard InChI is InChI=1S/C20H26N4O2/c1-5-16-15(17(6-2)26-24-16)11-22-20(21-4)23-12-19-13(3)14-9-7-8-10-18(14)25-19/h7-10H,5-6,11-12H2,1-4H3,(H2,21,22,23). The monoisotopic (exact) mass is 354 g/mol. The maximum absolute atomic E-state index is 5.95. The number of fused-ring (bicyclic) bond motifs is 1. The second kappa shape index (κ2) is 8.08. The van der Waals surface area contributed by atoms with Gasteiger partial charge in [0.05, 0.1) is 12.2 Å². The molecule has 2 heterocycles. The molecule has 0 aliphatic rings. The molecular formula is C20H26N4O2. The van der Waals surface area contributed by atoms with Crippen molar-refractivity contribution in [3.63, 3.8) is 0 Å². The van der Waals surface area contributed by atoms with Gasteiger partial charge in [-0.2, -0.15) is 0 Å². The molecule has 0 saturated carbocycles. The molecule has 0 spiro atoms. The molecule has 6 heteroatoms. The van der Waals surface area contributed by atoms with Gasteiger partial charge in [0.15, 0.2) is 5.96 Å². The summed E-state index contributed by atoms with van der Waals surface area (Å²) in [5.41, 5.74) is 4.19. The number of aliphatic imine (C=N–C) groups is 1.